The molecule has 0 fully saturated rings. The molecule has 0 unspecified atom stereocenters. The molecule has 0 bridgehead atoms. The molecule has 2 aromatic heterocycles. The molecule has 2 heterocycles. The first-order valence-corrected chi connectivity index (χ1v) is 8.00. The average Bonchev–Trinajstić information content (AvgIpc) is 3.03. The van der Waals surface area contributed by atoms with Crippen molar-refractivity contribution in [1.29, 1.82) is 0 Å². The molecule has 0 aliphatic rings. The number of nitrogens with one attached hydrogen (secondary N) is 1. The second kappa shape index (κ2) is 7.11. The summed E-state index contributed by atoms with van der Waals surface area (Å²) in [6, 6.07) is 11.5. The summed E-state index contributed by atoms with van der Waals surface area (Å²) in [4.78, 5) is 20.6. The summed E-state index contributed by atoms with van der Waals surface area (Å²) in [6.07, 6.45) is 2.56. The number of anilines is 1. The van der Waals surface area contributed by atoms with Gasteiger partial charge >= 0.3 is 0 Å². The topological polar surface area (TPSA) is 54.9 Å². The molecule has 0 aliphatic heterocycles. The Labute approximate surface area is 137 Å². The van der Waals surface area contributed by atoms with Crippen LogP contribution in [0.15, 0.2) is 54.0 Å². The quantitative estimate of drug-likeness (QED) is 0.773. The van der Waals surface area contributed by atoms with Gasteiger partial charge in [0, 0.05) is 30.1 Å². The van der Waals surface area contributed by atoms with E-state index < -0.39 is 0 Å². The largest absolute Gasteiger partial charge is 0.326 e. The summed E-state index contributed by atoms with van der Waals surface area (Å²) in [5, 5.41) is 5.48. The number of halogens is 1. The summed E-state index contributed by atoms with van der Waals surface area (Å²) in [5.41, 5.74) is 2.10. The molecular formula is C17H14FN3OS. The Morgan fingerprint density at radius 1 is 1.17 bits per heavy atom. The van der Waals surface area contributed by atoms with Gasteiger partial charge in [-0.25, -0.2) is 9.37 Å². The van der Waals surface area contributed by atoms with Crippen molar-refractivity contribution in [3.05, 3.63) is 64.9 Å². The number of benzene rings is 1. The third kappa shape index (κ3) is 4.20. The van der Waals surface area contributed by atoms with Crippen LogP contribution in [-0.4, -0.2) is 15.9 Å². The van der Waals surface area contributed by atoms with Crippen molar-refractivity contribution >= 4 is 22.9 Å². The van der Waals surface area contributed by atoms with Gasteiger partial charge in [0.1, 0.15) is 5.82 Å². The summed E-state index contributed by atoms with van der Waals surface area (Å²) in [6.45, 7) is 0. The lowest BCUT2D eigenvalue weighted by atomic mass is 10.2. The van der Waals surface area contributed by atoms with Gasteiger partial charge in [0.25, 0.3) is 0 Å². The van der Waals surface area contributed by atoms with Crippen molar-refractivity contribution in [2.75, 3.05) is 5.32 Å². The maximum atomic E-state index is 13.1. The Kier molecular flexibility index (Phi) is 4.73. The Morgan fingerprint density at radius 2 is 2.09 bits per heavy atom. The number of pyridine rings is 1. The van der Waals surface area contributed by atoms with Gasteiger partial charge in [-0.3, -0.25) is 9.78 Å². The van der Waals surface area contributed by atoms with Crippen molar-refractivity contribution in [1.82, 2.24) is 9.97 Å². The Bertz CT molecular complexity index is 804. The summed E-state index contributed by atoms with van der Waals surface area (Å²) in [5.74, 6) is -0.534. The van der Waals surface area contributed by atoms with E-state index in [-0.39, 0.29) is 11.7 Å². The molecule has 0 saturated carbocycles. The number of hydrogen-bond acceptors (Lipinski definition) is 4. The summed E-state index contributed by atoms with van der Waals surface area (Å²) in [7, 11) is 0. The number of nitrogens with zero attached hydrogens (tertiary/aromatic N) is 2. The van der Waals surface area contributed by atoms with E-state index in [4.69, 9.17) is 0 Å². The van der Waals surface area contributed by atoms with Crippen LogP contribution in [0.2, 0.25) is 0 Å². The lowest BCUT2D eigenvalue weighted by molar-refractivity contribution is -0.116. The van der Waals surface area contributed by atoms with E-state index in [0.717, 1.165) is 16.4 Å². The number of carbonyl (C=O) groups is 1. The lowest BCUT2D eigenvalue weighted by Gasteiger charge is -2.04. The van der Waals surface area contributed by atoms with Crippen LogP contribution in [0, 0.1) is 5.82 Å². The van der Waals surface area contributed by atoms with E-state index >= 15 is 0 Å². The molecule has 0 atom stereocenters. The fourth-order valence-corrected chi connectivity index (χ4v) is 2.86. The monoisotopic (exact) mass is 327 g/mol. The van der Waals surface area contributed by atoms with Gasteiger partial charge < -0.3 is 5.32 Å². The molecule has 6 heteroatoms. The minimum absolute atomic E-state index is 0.162. The van der Waals surface area contributed by atoms with Gasteiger partial charge in [0.05, 0.1) is 16.4 Å². The zero-order valence-corrected chi connectivity index (χ0v) is 13.0. The van der Waals surface area contributed by atoms with Crippen LogP contribution in [-0.2, 0) is 11.2 Å². The van der Waals surface area contributed by atoms with Gasteiger partial charge in [0.2, 0.25) is 5.91 Å². The number of aromatic nitrogens is 2. The highest BCUT2D eigenvalue weighted by Gasteiger charge is 2.08. The molecular weight excluding hydrogens is 313 g/mol. The zero-order valence-electron chi connectivity index (χ0n) is 12.2. The van der Waals surface area contributed by atoms with Gasteiger partial charge in [0.15, 0.2) is 0 Å². The van der Waals surface area contributed by atoms with Crippen molar-refractivity contribution < 1.29 is 9.18 Å². The van der Waals surface area contributed by atoms with Crippen LogP contribution in [0.1, 0.15) is 11.4 Å². The molecule has 23 heavy (non-hydrogen) atoms. The van der Waals surface area contributed by atoms with Crippen LogP contribution >= 0.6 is 11.3 Å². The molecule has 0 saturated heterocycles. The Balaban J connectivity index is 1.56. The Morgan fingerprint density at radius 3 is 2.87 bits per heavy atom. The minimum Gasteiger partial charge on any atom is -0.326 e. The zero-order chi connectivity index (χ0) is 16.1. The molecule has 1 aromatic carbocycles. The van der Waals surface area contributed by atoms with Crippen LogP contribution in [0.4, 0.5) is 10.1 Å². The number of hydrogen-bond donors (Lipinski definition) is 1. The van der Waals surface area contributed by atoms with Gasteiger partial charge in [-0.05, 0) is 30.3 Å². The van der Waals surface area contributed by atoms with E-state index in [1.165, 1.54) is 23.5 Å². The molecule has 3 rings (SSSR count). The van der Waals surface area contributed by atoms with Gasteiger partial charge in [-0.2, -0.15) is 0 Å². The highest BCUT2D eigenvalue weighted by molar-refractivity contribution is 7.09. The maximum absolute atomic E-state index is 13.1. The minimum atomic E-state index is -0.372. The molecule has 0 radical (unpaired) electrons. The van der Waals surface area contributed by atoms with Crippen molar-refractivity contribution in [3.63, 3.8) is 0 Å². The first-order valence-electron chi connectivity index (χ1n) is 7.12. The predicted molar refractivity (Wildman–Crippen MR) is 88.7 cm³/mol. The highest BCUT2D eigenvalue weighted by Crippen LogP contribution is 2.20. The Hall–Kier alpha value is -2.60. The normalized spacial score (nSPS) is 10.5. The molecule has 3 aromatic rings. The van der Waals surface area contributed by atoms with E-state index in [1.807, 2.05) is 23.6 Å². The fraction of sp³-hybridized carbons (Fsp3) is 0.118. The molecule has 1 N–H and O–H groups in total. The number of thiazole rings is 1. The fourth-order valence-electron chi connectivity index (χ4n) is 2.07. The van der Waals surface area contributed by atoms with Crippen LogP contribution < -0.4 is 5.32 Å². The number of aryl methyl sites for hydroxylation is 1. The van der Waals surface area contributed by atoms with Crippen molar-refractivity contribution in [2.45, 2.75) is 12.8 Å². The second-order valence-corrected chi connectivity index (χ2v) is 5.84. The number of amides is 1. The number of carbonyl (C=O) groups excluding carboxylic acids is 1. The van der Waals surface area contributed by atoms with Crippen molar-refractivity contribution in [3.8, 4) is 11.4 Å². The van der Waals surface area contributed by atoms with Gasteiger partial charge in [-0.15, -0.1) is 11.3 Å². The second-order valence-electron chi connectivity index (χ2n) is 4.90. The first kappa shape index (κ1) is 15.3. The third-order valence-electron chi connectivity index (χ3n) is 3.15. The highest BCUT2D eigenvalue weighted by atomic mass is 32.1. The maximum Gasteiger partial charge on any atom is 0.224 e. The molecule has 116 valence electrons. The average molecular weight is 327 g/mol. The third-order valence-corrected chi connectivity index (χ3v) is 4.06. The molecule has 0 spiro atoms. The molecule has 4 nitrogen and oxygen atoms in total. The van der Waals surface area contributed by atoms with Crippen LogP contribution in [0.25, 0.3) is 11.4 Å². The standard InChI is InChI=1S/C17H14FN3OS/c18-12-4-3-5-13(10-12)20-16(22)7-8-17-21-15(11-23-17)14-6-1-2-9-19-14/h1-6,9-11H,7-8H2,(H,20,22). The molecule has 1 amide bonds. The smallest absolute Gasteiger partial charge is 0.224 e. The number of rotatable bonds is 5. The molecule has 0 aliphatic carbocycles. The first-order chi connectivity index (χ1) is 11.2. The predicted octanol–water partition coefficient (Wildman–Crippen LogP) is 3.92. The SMILES string of the molecule is O=C(CCc1nc(-c2ccccn2)cs1)Nc1cccc(F)c1. The van der Waals surface area contributed by atoms with E-state index in [1.54, 1.807) is 18.3 Å². The van der Waals surface area contributed by atoms with Crippen molar-refractivity contribution in [2.24, 2.45) is 0 Å². The summed E-state index contributed by atoms with van der Waals surface area (Å²) >= 11 is 1.50. The van der Waals surface area contributed by atoms with E-state index in [2.05, 4.69) is 15.3 Å². The van der Waals surface area contributed by atoms with E-state index in [0.29, 0.717) is 18.5 Å². The van der Waals surface area contributed by atoms with Crippen LogP contribution in [0.5, 0.6) is 0 Å². The van der Waals surface area contributed by atoms with Crippen LogP contribution in [0.3, 0.4) is 0 Å². The van der Waals surface area contributed by atoms with E-state index in [9.17, 15) is 9.18 Å². The lowest BCUT2D eigenvalue weighted by Crippen LogP contribution is -2.12. The summed E-state index contributed by atoms with van der Waals surface area (Å²) < 4.78 is 13.1. The van der Waals surface area contributed by atoms with Gasteiger partial charge in [-0.1, -0.05) is 12.1 Å².